The average molecular weight is 273 g/mol. The summed E-state index contributed by atoms with van der Waals surface area (Å²) in [5.74, 6) is 1.18. The number of rotatable bonds is 7. The lowest BCUT2D eigenvalue weighted by molar-refractivity contribution is -0.122. The number of carbonyl (C=O) groups is 1. The highest BCUT2D eigenvalue weighted by molar-refractivity contribution is 5.80. The molecule has 0 saturated heterocycles. The van der Waals surface area contributed by atoms with Crippen molar-refractivity contribution >= 4 is 5.91 Å². The topological polar surface area (TPSA) is 74.2 Å². The van der Waals surface area contributed by atoms with E-state index in [9.17, 15) is 4.79 Å². The van der Waals surface area contributed by atoms with Crippen molar-refractivity contribution in [3.63, 3.8) is 0 Å². The highest BCUT2D eigenvalue weighted by Crippen LogP contribution is 2.28. The van der Waals surface area contributed by atoms with Crippen LogP contribution in [0, 0.1) is 17.2 Å². The number of benzene rings is 1. The summed E-state index contributed by atoms with van der Waals surface area (Å²) in [5, 5.41) is 15.0. The van der Waals surface area contributed by atoms with Crippen molar-refractivity contribution in [1.82, 2.24) is 10.6 Å². The van der Waals surface area contributed by atoms with E-state index < -0.39 is 0 Å². The van der Waals surface area contributed by atoms with Crippen molar-refractivity contribution in [2.45, 2.75) is 19.4 Å². The summed E-state index contributed by atoms with van der Waals surface area (Å²) < 4.78 is 5.26. The summed E-state index contributed by atoms with van der Waals surface area (Å²) in [7, 11) is 1.61. The molecule has 0 atom stereocenters. The van der Waals surface area contributed by atoms with Gasteiger partial charge in [-0.3, -0.25) is 4.79 Å². The van der Waals surface area contributed by atoms with Crippen LogP contribution in [0.3, 0.4) is 0 Å². The Kier molecular flexibility index (Phi) is 4.97. The maximum absolute atomic E-state index is 11.4. The van der Waals surface area contributed by atoms with Crippen molar-refractivity contribution in [2.24, 2.45) is 5.92 Å². The van der Waals surface area contributed by atoms with E-state index in [1.807, 2.05) is 6.07 Å². The molecule has 106 valence electrons. The van der Waals surface area contributed by atoms with Gasteiger partial charge in [-0.2, -0.15) is 5.26 Å². The van der Waals surface area contributed by atoms with E-state index in [-0.39, 0.29) is 11.8 Å². The van der Waals surface area contributed by atoms with Crippen LogP contribution in [0.15, 0.2) is 18.2 Å². The molecule has 0 unspecified atom stereocenters. The lowest BCUT2D eigenvalue weighted by atomic mass is 10.1. The molecule has 5 heteroatoms. The van der Waals surface area contributed by atoms with Gasteiger partial charge in [-0.05, 0) is 31.0 Å². The molecule has 1 aromatic carbocycles. The van der Waals surface area contributed by atoms with E-state index in [0.717, 1.165) is 24.2 Å². The van der Waals surface area contributed by atoms with Gasteiger partial charge in [-0.1, -0.05) is 0 Å². The minimum Gasteiger partial charge on any atom is -0.496 e. The van der Waals surface area contributed by atoms with Gasteiger partial charge in [0.2, 0.25) is 5.91 Å². The zero-order valence-corrected chi connectivity index (χ0v) is 11.6. The smallest absolute Gasteiger partial charge is 0.223 e. The molecule has 0 spiro atoms. The van der Waals surface area contributed by atoms with Crippen molar-refractivity contribution in [3.8, 4) is 11.8 Å². The first-order chi connectivity index (χ1) is 9.74. The number of hydrogen-bond acceptors (Lipinski definition) is 4. The summed E-state index contributed by atoms with van der Waals surface area (Å²) in [6, 6.07) is 7.46. The lowest BCUT2D eigenvalue weighted by Crippen LogP contribution is -2.32. The predicted molar refractivity (Wildman–Crippen MR) is 75.1 cm³/mol. The summed E-state index contributed by atoms with van der Waals surface area (Å²) in [4.78, 5) is 11.4. The third kappa shape index (κ3) is 3.97. The predicted octanol–water partition coefficient (Wildman–Crippen LogP) is 1.18. The van der Waals surface area contributed by atoms with Gasteiger partial charge in [-0.25, -0.2) is 0 Å². The Morgan fingerprint density at radius 3 is 2.90 bits per heavy atom. The van der Waals surface area contributed by atoms with Crippen LogP contribution in [0.4, 0.5) is 0 Å². The molecule has 1 aromatic rings. The van der Waals surface area contributed by atoms with Gasteiger partial charge in [0.15, 0.2) is 0 Å². The lowest BCUT2D eigenvalue weighted by Gasteiger charge is -2.10. The summed E-state index contributed by atoms with van der Waals surface area (Å²) in [6.07, 6.45) is 2.05. The Morgan fingerprint density at radius 2 is 2.25 bits per heavy atom. The first-order valence-electron chi connectivity index (χ1n) is 6.80. The molecule has 1 saturated carbocycles. The van der Waals surface area contributed by atoms with Gasteiger partial charge in [0, 0.05) is 31.1 Å². The molecule has 1 aliphatic rings. The van der Waals surface area contributed by atoms with E-state index in [2.05, 4.69) is 16.7 Å². The second-order valence-electron chi connectivity index (χ2n) is 4.88. The molecule has 0 radical (unpaired) electrons. The van der Waals surface area contributed by atoms with E-state index in [1.54, 1.807) is 19.2 Å². The fourth-order valence-electron chi connectivity index (χ4n) is 1.97. The number of hydrogen-bond donors (Lipinski definition) is 2. The minimum absolute atomic E-state index is 0.163. The molecule has 0 aromatic heterocycles. The van der Waals surface area contributed by atoms with Crippen LogP contribution >= 0.6 is 0 Å². The molecule has 0 bridgehead atoms. The van der Waals surface area contributed by atoms with Gasteiger partial charge in [0.25, 0.3) is 0 Å². The van der Waals surface area contributed by atoms with E-state index in [4.69, 9.17) is 10.00 Å². The fraction of sp³-hybridized carbons (Fsp3) is 0.467. The zero-order valence-electron chi connectivity index (χ0n) is 11.6. The minimum atomic E-state index is 0.163. The molecule has 2 N–H and O–H groups in total. The molecular weight excluding hydrogens is 254 g/mol. The number of nitrogens with one attached hydrogen (secondary N) is 2. The standard InChI is InChI=1S/C15H19N3O2/c1-20-14-5-2-11(9-16)8-13(14)10-17-6-7-18-15(19)12-3-4-12/h2,5,8,12,17H,3-4,6-7,10H2,1H3,(H,18,19). The van der Waals surface area contributed by atoms with E-state index in [1.165, 1.54) is 0 Å². The third-order valence-electron chi connectivity index (χ3n) is 3.27. The summed E-state index contributed by atoms with van der Waals surface area (Å²) >= 11 is 0. The molecule has 20 heavy (non-hydrogen) atoms. The van der Waals surface area contributed by atoms with Crippen LogP contribution in [-0.2, 0) is 11.3 Å². The van der Waals surface area contributed by atoms with Gasteiger partial charge in [0.1, 0.15) is 5.75 Å². The van der Waals surface area contributed by atoms with E-state index >= 15 is 0 Å². The molecule has 1 fully saturated rings. The number of amides is 1. The van der Waals surface area contributed by atoms with Gasteiger partial charge < -0.3 is 15.4 Å². The highest BCUT2D eigenvalue weighted by atomic mass is 16.5. The van der Waals surface area contributed by atoms with Crippen LogP contribution in [0.5, 0.6) is 5.75 Å². The zero-order chi connectivity index (χ0) is 14.4. The molecule has 0 aliphatic heterocycles. The highest BCUT2D eigenvalue weighted by Gasteiger charge is 2.28. The Bertz CT molecular complexity index is 518. The largest absolute Gasteiger partial charge is 0.496 e. The molecule has 2 rings (SSSR count). The first kappa shape index (κ1) is 14.4. The molecule has 1 aliphatic carbocycles. The molecular formula is C15H19N3O2. The molecule has 0 heterocycles. The maximum Gasteiger partial charge on any atom is 0.223 e. The SMILES string of the molecule is COc1ccc(C#N)cc1CNCCNC(=O)C1CC1. The number of nitrogens with zero attached hydrogens (tertiary/aromatic N) is 1. The van der Waals surface area contributed by atoms with E-state index in [0.29, 0.717) is 25.2 Å². The third-order valence-corrected chi connectivity index (χ3v) is 3.27. The monoisotopic (exact) mass is 273 g/mol. The fourth-order valence-corrected chi connectivity index (χ4v) is 1.97. The first-order valence-corrected chi connectivity index (χ1v) is 6.80. The van der Waals surface area contributed by atoms with Crippen molar-refractivity contribution in [3.05, 3.63) is 29.3 Å². The Hall–Kier alpha value is -2.06. The van der Waals surface area contributed by atoms with Crippen molar-refractivity contribution < 1.29 is 9.53 Å². The van der Waals surface area contributed by atoms with Crippen molar-refractivity contribution in [1.29, 1.82) is 5.26 Å². The van der Waals surface area contributed by atoms with Crippen LogP contribution < -0.4 is 15.4 Å². The number of methoxy groups -OCH3 is 1. The summed E-state index contributed by atoms with van der Waals surface area (Å²) in [6.45, 7) is 1.92. The van der Waals surface area contributed by atoms with Gasteiger partial charge in [0.05, 0.1) is 18.7 Å². The quantitative estimate of drug-likeness (QED) is 0.732. The molecule has 5 nitrogen and oxygen atoms in total. The second-order valence-corrected chi connectivity index (χ2v) is 4.88. The van der Waals surface area contributed by atoms with Gasteiger partial charge in [-0.15, -0.1) is 0 Å². The van der Waals surface area contributed by atoms with Crippen LogP contribution in [0.25, 0.3) is 0 Å². The molecule has 1 amide bonds. The number of ether oxygens (including phenoxy) is 1. The van der Waals surface area contributed by atoms with Crippen LogP contribution in [0.2, 0.25) is 0 Å². The van der Waals surface area contributed by atoms with Gasteiger partial charge >= 0.3 is 0 Å². The normalized spacial score (nSPS) is 13.6. The Balaban J connectivity index is 1.75. The Morgan fingerprint density at radius 1 is 1.45 bits per heavy atom. The Labute approximate surface area is 118 Å². The second kappa shape index (κ2) is 6.92. The maximum atomic E-state index is 11.4. The van der Waals surface area contributed by atoms with Crippen LogP contribution in [0.1, 0.15) is 24.0 Å². The number of nitriles is 1. The van der Waals surface area contributed by atoms with Crippen LogP contribution in [-0.4, -0.2) is 26.1 Å². The van der Waals surface area contributed by atoms with Crippen molar-refractivity contribution in [2.75, 3.05) is 20.2 Å². The number of carbonyl (C=O) groups excluding carboxylic acids is 1. The average Bonchev–Trinajstić information content (AvgIpc) is 3.31. The summed E-state index contributed by atoms with van der Waals surface area (Å²) in [5.41, 5.74) is 1.56.